The molecule has 2 unspecified atom stereocenters. The molecule has 92 valence electrons. The van der Waals surface area contributed by atoms with E-state index in [1.807, 2.05) is 0 Å². The first-order chi connectivity index (χ1) is 7.34. The summed E-state index contributed by atoms with van der Waals surface area (Å²) in [6.07, 6.45) is -0.509. The van der Waals surface area contributed by atoms with E-state index in [2.05, 4.69) is 4.74 Å². The van der Waals surface area contributed by atoms with Crippen LogP contribution in [-0.4, -0.2) is 41.7 Å². The molecule has 0 aliphatic rings. The summed E-state index contributed by atoms with van der Waals surface area (Å²) in [7, 11) is 0. The molecule has 5 N–H and O–H groups in total. The average Bonchev–Trinajstić information content (AvgIpc) is 2.21. The topological polar surface area (TPSA) is 156 Å². The van der Waals surface area contributed by atoms with Crippen LogP contribution in [0.1, 0.15) is 12.8 Å². The quantitative estimate of drug-likeness (QED) is 0.300. The molecule has 0 bridgehead atoms. The van der Waals surface area contributed by atoms with Crippen molar-refractivity contribution >= 4 is 17.9 Å². The molecule has 8 nitrogen and oxygen atoms in total. The summed E-state index contributed by atoms with van der Waals surface area (Å²) in [6, 6.07) is -2.45. The Balaban J connectivity index is 0. The van der Waals surface area contributed by atoms with Crippen LogP contribution in [0.4, 0.5) is 0 Å². The fraction of sp³-hybridized carbons (Fsp3) is 0.625. The van der Waals surface area contributed by atoms with E-state index in [0.717, 1.165) is 0 Å². The molecular weight excluding hydrogens is 243 g/mol. The van der Waals surface area contributed by atoms with Crippen molar-refractivity contribution in [1.29, 1.82) is 0 Å². The van der Waals surface area contributed by atoms with Crippen LogP contribution in [0.5, 0.6) is 0 Å². The number of hydrogen-bond donors (Lipinski definition) is 3. The number of aliphatic carboxylic acids is 2. The maximum absolute atomic E-state index is 11.1. The summed E-state index contributed by atoms with van der Waals surface area (Å²) in [4.78, 5) is 31.4. The normalized spacial score (nSPS) is 13.1. The van der Waals surface area contributed by atoms with Crippen LogP contribution in [0.3, 0.4) is 0 Å². The molecule has 0 fully saturated rings. The average molecular weight is 256 g/mol. The Bertz CT molecular complexity index is 285. The number of carbonyl (C=O) groups is 3. The Kier molecular flexibility index (Phi) is 10.3. The van der Waals surface area contributed by atoms with Gasteiger partial charge in [-0.05, 0) is 12.8 Å². The number of rotatable bonds is 7. The standard InChI is InChI=1S/C8H14N2O6.Na/c9-4(1-2-6(11)12)8(15)16-3-5(10)7(13)14;/h4-5H,1-3,9-10H2,(H,11,12)(H,13,14);/q;+1/p-1. The molecule has 0 aromatic carbocycles. The number of nitrogens with two attached hydrogens (primary N) is 2. The van der Waals surface area contributed by atoms with E-state index in [1.54, 1.807) is 0 Å². The van der Waals surface area contributed by atoms with Crippen molar-refractivity contribution in [1.82, 2.24) is 0 Å². The summed E-state index contributed by atoms with van der Waals surface area (Å²) in [6.45, 7) is -0.507. The Morgan fingerprint density at radius 1 is 1.24 bits per heavy atom. The van der Waals surface area contributed by atoms with Gasteiger partial charge in [0.05, 0.1) is 0 Å². The van der Waals surface area contributed by atoms with E-state index in [0.29, 0.717) is 0 Å². The van der Waals surface area contributed by atoms with Crippen LogP contribution in [0.2, 0.25) is 0 Å². The molecular formula is C8H13N2NaO6. The van der Waals surface area contributed by atoms with Gasteiger partial charge in [-0.3, -0.25) is 9.59 Å². The van der Waals surface area contributed by atoms with Crippen LogP contribution >= 0.6 is 0 Å². The van der Waals surface area contributed by atoms with Gasteiger partial charge in [-0.2, -0.15) is 0 Å². The summed E-state index contributed by atoms with van der Waals surface area (Å²) in [5.41, 5.74) is 10.3. The third-order valence-corrected chi connectivity index (χ3v) is 1.68. The molecule has 0 aliphatic carbocycles. The number of esters is 1. The molecule has 9 heteroatoms. The van der Waals surface area contributed by atoms with Crippen molar-refractivity contribution in [3.8, 4) is 0 Å². The maximum Gasteiger partial charge on any atom is 1.00 e. The van der Waals surface area contributed by atoms with Gasteiger partial charge in [-0.1, -0.05) is 0 Å². The molecule has 0 radical (unpaired) electrons. The summed E-state index contributed by atoms with van der Waals surface area (Å²) in [5, 5.41) is 18.4. The SMILES string of the molecule is NC(COC(=O)C(N)CCC(=O)[O-])C(=O)O.[Na+]. The Morgan fingerprint density at radius 3 is 2.18 bits per heavy atom. The van der Waals surface area contributed by atoms with Gasteiger partial charge in [0.15, 0.2) is 0 Å². The molecule has 0 aliphatic heterocycles. The zero-order valence-corrected chi connectivity index (χ0v) is 11.4. The Morgan fingerprint density at radius 2 is 1.76 bits per heavy atom. The monoisotopic (exact) mass is 256 g/mol. The van der Waals surface area contributed by atoms with E-state index in [1.165, 1.54) is 0 Å². The van der Waals surface area contributed by atoms with E-state index in [9.17, 15) is 19.5 Å². The maximum atomic E-state index is 11.1. The molecule has 0 rings (SSSR count). The number of carbonyl (C=O) groups excluding carboxylic acids is 2. The van der Waals surface area contributed by atoms with Crippen molar-refractivity contribution in [2.45, 2.75) is 24.9 Å². The van der Waals surface area contributed by atoms with Crippen molar-refractivity contribution in [2.75, 3.05) is 6.61 Å². The zero-order chi connectivity index (χ0) is 12.7. The van der Waals surface area contributed by atoms with Crippen LogP contribution in [0.25, 0.3) is 0 Å². The predicted molar refractivity (Wildman–Crippen MR) is 48.8 cm³/mol. The van der Waals surface area contributed by atoms with Crippen LogP contribution < -0.4 is 46.1 Å². The number of carboxylic acids is 2. The third-order valence-electron chi connectivity index (χ3n) is 1.68. The first-order valence-electron chi connectivity index (χ1n) is 4.45. The van der Waals surface area contributed by atoms with E-state index in [-0.39, 0.29) is 42.4 Å². The van der Waals surface area contributed by atoms with E-state index < -0.39 is 36.6 Å². The molecule has 0 saturated heterocycles. The van der Waals surface area contributed by atoms with Gasteiger partial charge in [0.25, 0.3) is 0 Å². The summed E-state index contributed by atoms with van der Waals surface area (Å²) >= 11 is 0. The first-order valence-corrected chi connectivity index (χ1v) is 4.45. The van der Waals surface area contributed by atoms with Gasteiger partial charge >= 0.3 is 41.5 Å². The van der Waals surface area contributed by atoms with Crippen molar-refractivity contribution in [3.63, 3.8) is 0 Å². The second kappa shape index (κ2) is 9.37. The van der Waals surface area contributed by atoms with Crippen LogP contribution in [0, 0.1) is 0 Å². The van der Waals surface area contributed by atoms with Crippen LogP contribution in [0.15, 0.2) is 0 Å². The summed E-state index contributed by atoms with van der Waals surface area (Å²) in [5.74, 6) is -3.53. The van der Waals surface area contributed by atoms with Crippen molar-refractivity contribution in [2.24, 2.45) is 11.5 Å². The van der Waals surface area contributed by atoms with Gasteiger partial charge in [-0.25, -0.2) is 0 Å². The minimum absolute atomic E-state index is 0. The Labute approximate surface area is 120 Å². The fourth-order valence-corrected chi connectivity index (χ4v) is 0.741. The van der Waals surface area contributed by atoms with Crippen molar-refractivity contribution < 1.29 is 58.9 Å². The molecule has 17 heavy (non-hydrogen) atoms. The van der Waals surface area contributed by atoms with Gasteiger partial charge in [0.1, 0.15) is 18.7 Å². The van der Waals surface area contributed by atoms with E-state index in [4.69, 9.17) is 16.6 Å². The minimum Gasteiger partial charge on any atom is -0.550 e. The van der Waals surface area contributed by atoms with E-state index >= 15 is 0 Å². The smallest absolute Gasteiger partial charge is 0.550 e. The first kappa shape index (κ1) is 18.7. The molecule has 0 saturated carbocycles. The molecule has 2 atom stereocenters. The molecule has 0 heterocycles. The summed E-state index contributed by atoms with van der Waals surface area (Å²) < 4.78 is 4.48. The van der Waals surface area contributed by atoms with Gasteiger partial charge < -0.3 is 31.2 Å². The zero-order valence-electron chi connectivity index (χ0n) is 9.42. The van der Waals surface area contributed by atoms with Gasteiger partial charge in [0, 0.05) is 5.97 Å². The number of hydrogen-bond acceptors (Lipinski definition) is 7. The van der Waals surface area contributed by atoms with Crippen LogP contribution in [-0.2, 0) is 19.1 Å². The number of ether oxygens (including phenoxy) is 1. The number of carboxylic acid groups (broad SMARTS) is 2. The molecule has 0 aromatic rings. The Hall–Kier alpha value is -0.670. The van der Waals surface area contributed by atoms with Gasteiger partial charge in [-0.15, -0.1) is 0 Å². The molecule has 0 amide bonds. The largest absolute Gasteiger partial charge is 1.00 e. The van der Waals surface area contributed by atoms with Gasteiger partial charge in [0.2, 0.25) is 0 Å². The second-order valence-electron chi connectivity index (χ2n) is 3.09. The molecule has 0 aromatic heterocycles. The second-order valence-corrected chi connectivity index (χ2v) is 3.09. The predicted octanol–water partition coefficient (Wildman–Crippen LogP) is -6.20. The van der Waals surface area contributed by atoms with Crippen molar-refractivity contribution in [3.05, 3.63) is 0 Å². The third kappa shape index (κ3) is 9.07. The fourth-order valence-electron chi connectivity index (χ4n) is 0.741. The molecule has 0 spiro atoms. The minimum atomic E-state index is -1.33.